The summed E-state index contributed by atoms with van der Waals surface area (Å²) in [5.41, 5.74) is 1.76. The number of thiophene rings is 1. The molecule has 2 aromatic rings. The molecule has 0 fully saturated rings. The van der Waals surface area contributed by atoms with Gasteiger partial charge in [-0.15, -0.1) is 11.3 Å². The Morgan fingerprint density at radius 3 is 2.88 bits per heavy atom. The third-order valence-corrected chi connectivity index (χ3v) is 3.43. The number of aryl methyl sites for hydroxylation is 1. The fourth-order valence-corrected chi connectivity index (χ4v) is 2.22. The maximum atomic E-state index is 11.7. The van der Waals surface area contributed by atoms with Crippen LogP contribution >= 0.6 is 22.9 Å². The number of rotatable bonds is 3. The van der Waals surface area contributed by atoms with Crippen LogP contribution in [0.1, 0.15) is 20.8 Å². The summed E-state index contributed by atoms with van der Waals surface area (Å²) < 4.78 is 5.18. The molecule has 2 heterocycles. The zero-order valence-corrected chi connectivity index (χ0v) is 10.7. The zero-order chi connectivity index (χ0) is 12.3. The molecule has 0 saturated heterocycles. The van der Waals surface area contributed by atoms with Crippen molar-refractivity contribution in [1.29, 1.82) is 0 Å². The molecule has 0 saturated carbocycles. The van der Waals surface area contributed by atoms with Crippen molar-refractivity contribution in [3.8, 4) is 0 Å². The van der Waals surface area contributed by atoms with Gasteiger partial charge in [0.25, 0.3) is 0 Å². The van der Waals surface area contributed by atoms with E-state index in [0.29, 0.717) is 10.0 Å². The number of esters is 1. The molecule has 17 heavy (non-hydrogen) atoms. The van der Waals surface area contributed by atoms with Crippen molar-refractivity contribution in [2.75, 3.05) is 0 Å². The van der Waals surface area contributed by atoms with Gasteiger partial charge in [0, 0.05) is 11.8 Å². The Kier molecular flexibility index (Phi) is 3.76. The zero-order valence-electron chi connectivity index (χ0n) is 9.14. The van der Waals surface area contributed by atoms with E-state index in [0.717, 1.165) is 11.1 Å². The summed E-state index contributed by atoms with van der Waals surface area (Å²) in [5.74, 6) is -0.299. The minimum absolute atomic E-state index is 0.209. The van der Waals surface area contributed by atoms with Crippen LogP contribution in [-0.2, 0) is 11.3 Å². The predicted octanol–water partition coefficient (Wildman–Crippen LogP) is 3.46. The van der Waals surface area contributed by atoms with E-state index in [1.165, 1.54) is 11.3 Å². The highest BCUT2D eigenvalue weighted by molar-refractivity contribution is 7.12. The molecule has 5 heteroatoms. The Morgan fingerprint density at radius 2 is 2.29 bits per heavy atom. The Morgan fingerprint density at radius 1 is 1.47 bits per heavy atom. The fourth-order valence-electron chi connectivity index (χ4n) is 1.29. The largest absolute Gasteiger partial charge is 0.457 e. The van der Waals surface area contributed by atoms with Gasteiger partial charge < -0.3 is 4.74 Å². The molecule has 88 valence electrons. The first-order valence-electron chi connectivity index (χ1n) is 4.98. The molecule has 2 aromatic heterocycles. The highest BCUT2D eigenvalue weighted by Crippen LogP contribution is 2.17. The fraction of sp³-hybridized carbons (Fsp3) is 0.167. The summed E-state index contributed by atoms with van der Waals surface area (Å²) in [6.45, 7) is 2.09. The summed E-state index contributed by atoms with van der Waals surface area (Å²) in [7, 11) is 0. The minimum atomic E-state index is -0.299. The number of nitrogens with zero attached hydrogens (tertiary/aromatic N) is 1. The van der Waals surface area contributed by atoms with Crippen LogP contribution in [0.5, 0.6) is 0 Å². The van der Waals surface area contributed by atoms with E-state index in [4.69, 9.17) is 16.3 Å². The monoisotopic (exact) mass is 267 g/mol. The van der Waals surface area contributed by atoms with Gasteiger partial charge in [-0.1, -0.05) is 17.7 Å². The van der Waals surface area contributed by atoms with Gasteiger partial charge in [0.2, 0.25) is 0 Å². The molecule has 3 nitrogen and oxygen atoms in total. The lowest BCUT2D eigenvalue weighted by Gasteiger charge is -2.03. The molecular formula is C12H10ClNO2S. The maximum Gasteiger partial charge on any atom is 0.348 e. The number of ether oxygens (including phenoxy) is 1. The van der Waals surface area contributed by atoms with Gasteiger partial charge in [0.1, 0.15) is 16.6 Å². The van der Waals surface area contributed by atoms with Crippen molar-refractivity contribution >= 4 is 28.9 Å². The average Bonchev–Trinajstić information content (AvgIpc) is 2.74. The molecule has 0 spiro atoms. The number of halogens is 1. The van der Waals surface area contributed by atoms with E-state index < -0.39 is 0 Å². The van der Waals surface area contributed by atoms with E-state index >= 15 is 0 Å². The Balaban J connectivity index is 1.97. The highest BCUT2D eigenvalue weighted by Gasteiger charge is 2.11. The van der Waals surface area contributed by atoms with Gasteiger partial charge in [-0.25, -0.2) is 9.78 Å². The number of pyridine rings is 1. The minimum Gasteiger partial charge on any atom is -0.457 e. The molecule has 2 rings (SSSR count). The van der Waals surface area contributed by atoms with E-state index in [-0.39, 0.29) is 12.6 Å². The quantitative estimate of drug-likeness (QED) is 0.631. The number of hydrogen-bond donors (Lipinski definition) is 0. The van der Waals surface area contributed by atoms with Crippen molar-refractivity contribution in [2.45, 2.75) is 13.5 Å². The van der Waals surface area contributed by atoms with Crippen molar-refractivity contribution in [1.82, 2.24) is 4.98 Å². The summed E-state index contributed by atoms with van der Waals surface area (Å²) in [6.07, 6.45) is 1.59. The molecule has 0 aliphatic heterocycles. The molecule has 0 bridgehead atoms. The van der Waals surface area contributed by atoms with E-state index in [1.807, 2.05) is 18.4 Å². The van der Waals surface area contributed by atoms with Crippen molar-refractivity contribution < 1.29 is 9.53 Å². The lowest BCUT2D eigenvalue weighted by atomic mass is 10.3. The SMILES string of the molecule is Cc1ccsc1C(=O)OCc1ccc(Cl)nc1. The third-order valence-electron chi connectivity index (χ3n) is 2.21. The summed E-state index contributed by atoms with van der Waals surface area (Å²) in [6, 6.07) is 5.34. The van der Waals surface area contributed by atoms with Crippen LogP contribution in [0.25, 0.3) is 0 Å². The van der Waals surface area contributed by atoms with Crippen LogP contribution in [0.3, 0.4) is 0 Å². The van der Waals surface area contributed by atoms with Crippen LogP contribution in [-0.4, -0.2) is 11.0 Å². The average molecular weight is 268 g/mol. The van der Waals surface area contributed by atoms with Crippen molar-refractivity contribution in [3.05, 3.63) is 50.9 Å². The highest BCUT2D eigenvalue weighted by atomic mass is 35.5. The van der Waals surface area contributed by atoms with Gasteiger partial charge in [-0.05, 0) is 30.0 Å². The first-order valence-corrected chi connectivity index (χ1v) is 6.24. The van der Waals surface area contributed by atoms with Crippen LogP contribution in [0, 0.1) is 6.92 Å². The van der Waals surface area contributed by atoms with Crippen LogP contribution in [0.15, 0.2) is 29.8 Å². The molecule has 0 N–H and O–H groups in total. The lowest BCUT2D eigenvalue weighted by molar-refractivity contribution is 0.0477. The van der Waals surface area contributed by atoms with Crippen molar-refractivity contribution in [3.63, 3.8) is 0 Å². The first-order chi connectivity index (χ1) is 8.16. The Labute approximate surface area is 108 Å². The second kappa shape index (κ2) is 5.29. The number of carbonyl (C=O) groups is 1. The van der Waals surface area contributed by atoms with E-state index in [2.05, 4.69) is 4.98 Å². The molecule has 0 aliphatic carbocycles. The van der Waals surface area contributed by atoms with Gasteiger partial charge in [0.15, 0.2) is 0 Å². The van der Waals surface area contributed by atoms with Crippen LogP contribution in [0.4, 0.5) is 0 Å². The van der Waals surface area contributed by atoms with E-state index in [9.17, 15) is 4.79 Å². The normalized spacial score (nSPS) is 10.2. The standard InChI is InChI=1S/C12H10ClNO2S/c1-8-4-5-17-11(8)12(15)16-7-9-2-3-10(13)14-6-9/h2-6H,7H2,1H3. The number of aromatic nitrogens is 1. The van der Waals surface area contributed by atoms with Gasteiger partial charge >= 0.3 is 5.97 Å². The summed E-state index contributed by atoms with van der Waals surface area (Å²) >= 11 is 7.04. The molecular weight excluding hydrogens is 258 g/mol. The summed E-state index contributed by atoms with van der Waals surface area (Å²) in [5, 5.41) is 2.30. The van der Waals surface area contributed by atoms with Crippen LogP contribution in [0.2, 0.25) is 5.15 Å². The topological polar surface area (TPSA) is 39.2 Å². The Bertz CT molecular complexity index is 522. The number of carbonyl (C=O) groups excluding carboxylic acids is 1. The second-order valence-electron chi connectivity index (χ2n) is 3.50. The number of hydrogen-bond acceptors (Lipinski definition) is 4. The lowest BCUT2D eigenvalue weighted by Crippen LogP contribution is -2.04. The Hall–Kier alpha value is -1.39. The summed E-state index contributed by atoms with van der Waals surface area (Å²) in [4.78, 5) is 16.3. The van der Waals surface area contributed by atoms with Gasteiger partial charge in [-0.2, -0.15) is 0 Å². The molecule has 0 amide bonds. The molecule has 0 atom stereocenters. The molecule has 0 aromatic carbocycles. The smallest absolute Gasteiger partial charge is 0.348 e. The van der Waals surface area contributed by atoms with Gasteiger partial charge in [0.05, 0.1) is 0 Å². The molecule has 0 radical (unpaired) electrons. The molecule has 0 unspecified atom stereocenters. The maximum absolute atomic E-state index is 11.7. The molecule has 0 aliphatic rings. The van der Waals surface area contributed by atoms with Crippen LogP contribution < -0.4 is 0 Å². The van der Waals surface area contributed by atoms with Crippen molar-refractivity contribution in [2.24, 2.45) is 0 Å². The predicted molar refractivity (Wildman–Crippen MR) is 67.4 cm³/mol. The van der Waals surface area contributed by atoms with E-state index in [1.54, 1.807) is 18.3 Å². The first kappa shape index (κ1) is 12.1. The second-order valence-corrected chi connectivity index (χ2v) is 4.80. The van der Waals surface area contributed by atoms with Gasteiger partial charge in [-0.3, -0.25) is 0 Å². The third kappa shape index (κ3) is 3.05.